The Balaban J connectivity index is 1.36. The summed E-state index contributed by atoms with van der Waals surface area (Å²) in [6.07, 6.45) is -3.93. The molecule has 2 saturated heterocycles. The van der Waals surface area contributed by atoms with E-state index >= 15 is 0 Å². The molecule has 204 valence electrons. The molecule has 0 saturated carbocycles. The van der Waals surface area contributed by atoms with Crippen molar-refractivity contribution >= 4 is 39.0 Å². The fourth-order valence-corrected chi connectivity index (χ4v) is 6.18. The molecule has 2 aromatic heterocycles. The van der Waals surface area contributed by atoms with Crippen LogP contribution in [0.1, 0.15) is 38.5 Å². The van der Waals surface area contributed by atoms with Gasteiger partial charge in [-0.25, -0.2) is 9.78 Å². The molecule has 3 aromatic rings. The standard InChI is InChI=1S/C28H33F3N4O2S/c1-18-16-22-25(38-18)23(35-11-5-6-24(35)28(29,30)31)17-21(32-22)19-7-9-20(10-8-19)33-12-14-34(15-13-33)26(36)37-27(2,3)4/h7-10,16-17,24H,5-6,11-15H2,1-4H3. The van der Waals surface area contributed by atoms with Gasteiger partial charge in [0, 0.05) is 48.9 Å². The number of fused-ring (bicyclic) bond motifs is 1. The lowest BCUT2D eigenvalue weighted by molar-refractivity contribution is -0.145. The summed E-state index contributed by atoms with van der Waals surface area (Å²) in [6.45, 7) is 10.4. The van der Waals surface area contributed by atoms with Crippen LogP contribution in [-0.4, -0.2) is 66.5 Å². The van der Waals surface area contributed by atoms with E-state index in [0.29, 0.717) is 50.5 Å². The van der Waals surface area contributed by atoms with Crippen LogP contribution in [0.2, 0.25) is 0 Å². The highest BCUT2D eigenvalue weighted by atomic mass is 32.1. The molecule has 1 atom stereocenters. The highest BCUT2D eigenvalue weighted by Crippen LogP contribution is 2.42. The molecule has 6 nitrogen and oxygen atoms in total. The molecule has 0 spiro atoms. The fraction of sp³-hybridized carbons (Fsp3) is 0.500. The SMILES string of the molecule is Cc1cc2nc(-c3ccc(N4CCN(C(=O)OC(C)(C)C)CC4)cc3)cc(N3CCCC3C(F)(F)F)c2s1. The molecule has 2 aliphatic heterocycles. The first kappa shape index (κ1) is 26.6. The maximum Gasteiger partial charge on any atom is 0.410 e. The number of ether oxygens (including phenoxy) is 1. The molecule has 0 aliphatic carbocycles. The number of piperazine rings is 1. The summed E-state index contributed by atoms with van der Waals surface area (Å²) in [6, 6.07) is 10.3. The second-order valence-electron chi connectivity index (χ2n) is 11.0. The third-order valence-electron chi connectivity index (χ3n) is 6.98. The average molecular weight is 547 g/mol. The van der Waals surface area contributed by atoms with Crippen LogP contribution in [0.5, 0.6) is 0 Å². The van der Waals surface area contributed by atoms with Crippen LogP contribution in [0.3, 0.4) is 0 Å². The van der Waals surface area contributed by atoms with Crippen LogP contribution < -0.4 is 9.80 Å². The number of thiophene rings is 1. The number of alkyl halides is 3. The van der Waals surface area contributed by atoms with Crippen molar-refractivity contribution in [3.63, 3.8) is 0 Å². The van der Waals surface area contributed by atoms with Gasteiger partial charge in [0.25, 0.3) is 0 Å². The zero-order valence-electron chi connectivity index (χ0n) is 22.1. The van der Waals surface area contributed by atoms with E-state index in [4.69, 9.17) is 9.72 Å². The van der Waals surface area contributed by atoms with Crippen molar-refractivity contribution < 1.29 is 22.7 Å². The van der Waals surface area contributed by atoms with Gasteiger partial charge in [0.1, 0.15) is 11.6 Å². The molecule has 0 bridgehead atoms. The van der Waals surface area contributed by atoms with Gasteiger partial charge in [-0.1, -0.05) is 12.1 Å². The molecular formula is C28H33F3N4O2S. The maximum atomic E-state index is 13.8. The Bertz CT molecular complexity index is 1310. The van der Waals surface area contributed by atoms with Gasteiger partial charge in [0.2, 0.25) is 0 Å². The third kappa shape index (κ3) is 5.55. The Morgan fingerprint density at radius 3 is 2.34 bits per heavy atom. The van der Waals surface area contributed by atoms with Crippen LogP contribution in [0, 0.1) is 6.92 Å². The van der Waals surface area contributed by atoms with Crippen molar-refractivity contribution in [2.24, 2.45) is 0 Å². The molecule has 5 rings (SSSR count). The van der Waals surface area contributed by atoms with E-state index in [9.17, 15) is 18.0 Å². The number of amides is 1. The quantitative estimate of drug-likeness (QED) is 0.359. The van der Waals surface area contributed by atoms with Gasteiger partial charge >= 0.3 is 12.3 Å². The van der Waals surface area contributed by atoms with Gasteiger partial charge in [0.05, 0.1) is 21.6 Å². The fourth-order valence-electron chi connectivity index (χ4n) is 5.20. The van der Waals surface area contributed by atoms with E-state index < -0.39 is 17.8 Å². The van der Waals surface area contributed by atoms with Crippen molar-refractivity contribution in [2.45, 2.75) is 58.4 Å². The third-order valence-corrected chi connectivity index (χ3v) is 8.04. The molecule has 0 N–H and O–H groups in total. The summed E-state index contributed by atoms with van der Waals surface area (Å²) in [4.78, 5) is 23.7. The molecule has 0 radical (unpaired) electrons. The normalized spacial score (nSPS) is 18.9. The Hall–Kier alpha value is -3.01. The Morgan fingerprint density at radius 1 is 1.03 bits per heavy atom. The molecule has 4 heterocycles. The first-order valence-corrected chi connectivity index (χ1v) is 13.8. The number of carbonyl (C=O) groups excluding carboxylic acids is 1. The van der Waals surface area contributed by atoms with Crippen LogP contribution in [0.15, 0.2) is 36.4 Å². The Morgan fingerprint density at radius 2 is 1.71 bits per heavy atom. The number of carbonyl (C=O) groups is 1. The molecule has 10 heteroatoms. The van der Waals surface area contributed by atoms with Gasteiger partial charge in [-0.3, -0.25) is 0 Å². The monoisotopic (exact) mass is 546 g/mol. The maximum absolute atomic E-state index is 13.8. The minimum Gasteiger partial charge on any atom is -0.444 e. The first-order chi connectivity index (χ1) is 17.9. The minimum atomic E-state index is -4.27. The summed E-state index contributed by atoms with van der Waals surface area (Å²) < 4.78 is 47.7. The van der Waals surface area contributed by atoms with Crippen LogP contribution in [0.4, 0.5) is 29.3 Å². The number of aromatic nitrogens is 1. The van der Waals surface area contributed by atoms with E-state index in [1.165, 1.54) is 16.2 Å². The average Bonchev–Trinajstić information content (AvgIpc) is 3.49. The highest BCUT2D eigenvalue weighted by molar-refractivity contribution is 7.19. The number of benzene rings is 1. The number of anilines is 2. The first-order valence-electron chi connectivity index (χ1n) is 13.0. The van der Waals surface area contributed by atoms with Crippen LogP contribution in [0.25, 0.3) is 21.5 Å². The van der Waals surface area contributed by atoms with Gasteiger partial charge in [-0.15, -0.1) is 11.3 Å². The Labute approximate surface area is 225 Å². The van der Waals surface area contributed by atoms with Gasteiger partial charge in [-0.05, 0) is 64.8 Å². The lowest BCUT2D eigenvalue weighted by Gasteiger charge is -2.36. The number of hydrogen-bond acceptors (Lipinski definition) is 6. The number of nitrogens with zero attached hydrogens (tertiary/aromatic N) is 4. The molecular weight excluding hydrogens is 513 g/mol. The summed E-state index contributed by atoms with van der Waals surface area (Å²) in [5, 5.41) is 0. The summed E-state index contributed by atoms with van der Waals surface area (Å²) in [5.74, 6) is 0. The number of halogens is 3. The predicted octanol–water partition coefficient (Wildman–Crippen LogP) is 6.86. The van der Waals surface area contributed by atoms with Crippen molar-refractivity contribution in [2.75, 3.05) is 42.5 Å². The van der Waals surface area contributed by atoms with Crippen molar-refractivity contribution in [1.82, 2.24) is 9.88 Å². The zero-order chi connectivity index (χ0) is 27.2. The van der Waals surface area contributed by atoms with E-state index in [1.807, 2.05) is 64.1 Å². The van der Waals surface area contributed by atoms with Crippen molar-refractivity contribution in [3.05, 3.63) is 41.3 Å². The van der Waals surface area contributed by atoms with E-state index in [2.05, 4.69) is 4.90 Å². The topological polar surface area (TPSA) is 48.9 Å². The predicted molar refractivity (Wildman–Crippen MR) is 146 cm³/mol. The molecule has 2 aliphatic rings. The van der Waals surface area contributed by atoms with Crippen molar-refractivity contribution in [1.29, 1.82) is 0 Å². The summed E-state index contributed by atoms with van der Waals surface area (Å²) in [5.41, 5.74) is 3.38. The summed E-state index contributed by atoms with van der Waals surface area (Å²) >= 11 is 1.49. The molecule has 1 amide bonds. The second kappa shape index (κ2) is 9.94. The number of rotatable bonds is 3. The summed E-state index contributed by atoms with van der Waals surface area (Å²) in [7, 11) is 0. The highest BCUT2D eigenvalue weighted by Gasteiger charge is 2.46. The van der Waals surface area contributed by atoms with E-state index in [1.54, 1.807) is 4.90 Å². The minimum absolute atomic E-state index is 0.114. The number of hydrogen-bond donors (Lipinski definition) is 0. The smallest absolute Gasteiger partial charge is 0.410 e. The van der Waals surface area contributed by atoms with Crippen LogP contribution in [-0.2, 0) is 4.74 Å². The van der Waals surface area contributed by atoms with E-state index in [0.717, 1.165) is 26.3 Å². The second-order valence-corrected chi connectivity index (χ2v) is 12.2. The van der Waals surface area contributed by atoms with Gasteiger partial charge < -0.3 is 19.4 Å². The lowest BCUT2D eigenvalue weighted by atomic mass is 10.1. The van der Waals surface area contributed by atoms with Gasteiger partial charge in [0.15, 0.2) is 0 Å². The van der Waals surface area contributed by atoms with Gasteiger partial charge in [-0.2, -0.15) is 13.2 Å². The largest absolute Gasteiger partial charge is 0.444 e. The molecule has 38 heavy (non-hydrogen) atoms. The molecule has 1 aromatic carbocycles. The zero-order valence-corrected chi connectivity index (χ0v) is 23.0. The van der Waals surface area contributed by atoms with E-state index in [-0.39, 0.29) is 12.5 Å². The Kier molecular flexibility index (Phi) is 6.96. The van der Waals surface area contributed by atoms with Crippen LogP contribution >= 0.6 is 11.3 Å². The number of aryl methyl sites for hydroxylation is 1. The number of pyridine rings is 1. The van der Waals surface area contributed by atoms with Crippen molar-refractivity contribution in [3.8, 4) is 11.3 Å². The molecule has 2 fully saturated rings. The lowest BCUT2D eigenvalue weighted by Crippen LogP contribution is -2.50. The molecule has 1 unspecified atom stereocenters.